The molecule has 1 heterocycles. The number of nitrogen functional groups attached to an aromatic ring is 1. The molecule has 0 amide bonds. The molecule has 0 radical (unpaired) electrons. The van der Waals surface area contributed by atoms with E-state index in [-0.39, 0.29) is 11.7 Å². The minimum Gasteiger partial charge on any atom is -0.382 e. The van der Waals surface area contributed by atoms with Crippen LogP contribution in [-0.2, 0) is 6.54 Å². The maximum absolute atomic E-state index is 13.6. The van der Waals surface area contributed by atoms with Crippen LogP contribution in [0.3, 0.4) is 0 Å². The minimum absolute atomic E-state index is 0.163. The Hall–Kier alpha value is -2.50. The SMILES string of the molecule is CN(Cc1ccccc1F)c1nccnc1C(=N)N. The number of hydrogen-bond donors (Lipinski definition) is 2. The summed E-state index contributed by atoms with van der Waals surface area (Å²) in [6.07, 6.45) is 2.98. The molecule has 19 heavy (non-hydrogen) atoms. The lowest BCUT2D eigenvalue weighted by Crippen LogP contribution is -2.24. The Kier molecular flexibility index (Phi) is 3.70. The number of nitrogens with one attached hydrogen (secondary N) is 1. The summed E-state index contributed by atoms with van der Waals surface area (Å²) in [6.45, 7) is 0.325. The number of aromatic nitrogens is 2. The van der Waals surface area contributed by atoms with Gasteiger partial charge < -0.3 is 10.6 Å². The van der Waals surface area contributed by atoms with Gasteiger partial charge in [-0.25, -0.2) is 14.4 Å². The van der Waals surface area contributed by atoms with E-state index < -0.39 is 0 Å². The van der Waals surface area contributed by atoms with Crippen LogP contribution in [0.2, 0.25) is 0 Å². The molecule has 0 saturated heterocycles. The van der Waals surface area contributed by atoms with E-state index in [9.17, 15) is 4.39 Å². The molecule has 0 aliphatic heterocycles. The zero-order valence-corrected chi connectivity index (χ0v) is 10.5. The van der Waals surface area contributed by atoms with Crippen molar-refractivity contribution >= 4 is 11.7 Å². The van der Waals surface area contributed by atoms with Crippen molar-refractivity contribution in [3.05, 3.63) is 53.7 Å². The Bertz CT molecular complexity index is 599. The van der Waals surface area contributed by atoms with E-state index in [1.165, 1.54) is 18.5 Å². The molecule has 0 aliphatic carbocycles. The first-order chi connectivity index (χ1) is 9.09. The summed E-state index contributed by atoms with van der Waals surface area (Å²) in [7, 11) is 1.75. The molecule has 2 aromatic rings. The maximum Gasteiger partial charge on any atom is 0.158 e. The number of amidine groups is 1. The Labute approximate surface area is 110 Å². The lowest BCUT2D eigenvalue weighted by Gasteiger charge is -2.20. The third-order valence-electron chi connectivity index (χ3n) is 2.66. The van der Waals surface area contributed by atoms with Gasteiger partial charge in [-0.15, -0.1) is 0 Å². The van der Waals surface area contributed by atoms with Gasteiger partial charge in [0.1, 0.15) is 17.3 Å². The number of nitrogens with zero attached hydrogens (tertiary/aromatic N) is 3. The largest absolute Gasteiger partial charge is 0.382 e. The lowest BCUT2D eigenvalue weighted by molar-refractivity contribution is 0.607. The predicted molar refractivity (Wildman–Crippen MR) is 71.6 cm³/mol. The summed E-state index contributed by atoms with van der Waals surface area (Å²) < 4.78 is 13.6. The highest BCUT2D eigenvalue weighted by atomic mass is 19.1. The van der Waals surface area contributed by atoms with Gasteiger partial charge in [0.25, 0.3) is 0 Å². The van der Waals surface area contributed by atoms with Crippen LogP contribution >= 0.6 is 0 Å². The van der Waals surface area contributed by atoms with E-state index >= 15 is 0 Å². The summed E-state index contributed by atoms with van der Waals surface area (Å²) in [5.74, 6) is 0.0179. The number of benzene rings is 1. The van der Waals surface area contributed by atoms with Gasteiger partial charge in [-0.05, 0) is 6.07 Å². The summed E-state index contributed by atoms with van der Waals surface area (Å²) in [5.41, 5.74) is 6.30. The molecular formula is C13H14FN5. The Morgan fingerprint density at radius 2 is 2.00 bits per heavy atom. The first-order valence-corrected chi connectivity index (χ1v) is 5.69. The van der Waals surface area contributed by atoms with Gasteiger partial charge in [0.2, 0.25) is 0 Å². The average Bonchev–Trinajstić information content (AvgIpc) is 2.41. The van der Waals surface area contributed by atoms with Crippen molar-refractivity contribution in [3.63, 3.8) is 0 Å². The molecule has 0 fully saturated rings. The van der Waals surface area contributed by atoms with E-state index in [2.05, 4.69) is 9.97 Å². The standard InChI is InChI=1S/C13H14FN5/c1-19(8-9-4-2-3-5-10(9)14)13-11(12(15)16)17-6-7-18-13/h2-7H,8H2,1H3,(H3,15,16). The van der Waals surface area contributed by atoms with E-state index in [0.29, 0.717) is 23.6 Å². The molecule has 6 heteroatoms. The van der Waals surface area contributed by atoms with Gasteiger partial charge in [-0.3, -0.25) is 5.41 Å². The van der Waals surface area contributed by atoms with Crippen molar-refractivity contribution in [2.75, 3.05) is 11.9 Å². The topological polar surface area (TPSA) is 78.9 Å². The van der Waals surface area contributed by atoms with Gasteiger partial charge in [0, 0.05) is 31.5 Å². The van der Waals surface area contributed by atoms with Crippen molar-refractivity contribution in [2.24, 2.45) is 5.73 Å². The van der Waals surface area contributed by atoms with E-state index in [1.54, 1.807) is 30.1 Å². The average molecular weight is 259 g/mol. The van der Waals surface area contributed by atoms with Crippen LogP contribution in [0, 0.1) is 11.2 Å². The molecule has 0 atom stereocenters. The molecular weight excluding hydrogens is 245 g/mol. The molecule has 3 N–H and O–H groups in total. The number of rotatable bonds is 4. The van der Waals surface area contributed by atoms with Crippen molar-refractivity contribution < 1.29 is 4.39 Å². The molecule has 0 spiro atoms. The smallest absolute Gasteiger partial charge is 0.158 e. The monoisotopic (exact) mass is 259 g/mol. The third-order valence-corrected chi connectivity index (χ3v) is 2.66. The normalized spacial score (nSPS) is 10.2. The zero-order chi connectivity index (χ0) is 13.8. The maximum atomic E-state index is 13.6. The fourth-order valence-electron chi connectivity index (χ4n) is 1.76. The Morgan fingerprint density at radius 1 is 1.32 bits per heavy atom. The van der Waals surface area contributed by atoms with Crippen LogP contribution in [-0.4, -0.2) is 22.9 Å². The summed E-state index contributed by atoms with van der Waals surface area (Å²) in [5, 5.41) is 7.47. The number of hydrogen-bond acceptors (Lipinski definition) is 4. The number of anilines is 1. The van der Waals surface area contributed by atoms with Gasteiger partial charge in [-0.2, -0.15) is 0 Å². The predicted octanol–water partition coefficient (Wildman–Crippen LogP) is 1.54. The summed E-state index contributed by atoms with van der Waals surface area (Å²) in [4.78, 5) is 9.87. The summed E-state index contributed by atoms with van der Waals surface area (Å²) >= 11 is 0. The van der Waals surface area contributed by atoms with E-state index in [0.717, 1.165) is 0 Å². The first-order valence-electron chi connectivity index (χ1n) is 5.69. The van der Waals surface area contributed by atoms with Crippen molar-refractivity contribution in [3.8, 4) is 0 Å². The van der Waals surface area contributed by atoms with E-state index in [1.807, 2.05) is 0 Å². The quantitative estimate of drug-likeness (QED) is 0.644. The minimum atomic E-state index is -0.275. The van der Waals surface area contributed by atoms with Crippen LogP contribution in [0.5, 0.6) is 0 Å². The van der Waals surface area contributed by atoms with Crippen LogP contribution < -0.4 is 10.6 Å². The highest BCUT2D eigenvalue weighted by molar-refractivity contribution is 5.97. The van der Waals surface area contributed by atoms with Gasteiger partial charge in [-0.1, -0.05) is 18.2 Å². The van der Waals surface area contributed by atoms with Crippen LogP contribution in [0.4, 0.5) is 10.2 Å². The molecule has 0 aliphatic rings. The number of halogens is 1. The molecule has 1 aromatic carbocycles. The van der Waals surface area contributed by atoms with Gasteiger partial charge in [0.15, 0.2) is 5.82 Å². The Balaban J connectivity index is 2.28. The molecule has 2 rings (SSSR count). The molecule has 0 saturated carbocycles. The second-order valence-corrected chi connectivity index (χ2v) is 4.09. The molecule has 5 nitrogen and oxygen atoms in total. The lowest BCUT2D eigenvalue weighted by atomic mass is 10.2. The molecule has 1 aromatic heterocycles. The molecule has 0 bridgehead atoms. The van der Waals surface area contributed by atoms with Crippen molar-refractivity contribution in [1.29, 1.82) is 5.41 Å². The fraction of sp³-hybridized carbons (Fsp3) is 0.154. The van der Waals surface area contributed by atoms with Gasteiger partial charge >= 0.3 is 0 Å². The highest BCUT2D eigenvalue weighted by Gasteiger charge is 2.13. The van der Waals surface area contributed by atoms with Crippen LogP contribution in [0.1, 0.15) is 11.3 Å². The van der Waals surface area contributed by atoms with E-state index in [4.69, 9.17) is 11.1 Å². The first kappa shape index (κ1) is 12.9. The van der Waals surface area contributed by atoms with Crippen molar-refractivity contribution in [2.45, 2.75) is 6.54 Å². The Morgan fingerprint density at radius 3 is 2.68 bits per heavy atom. The fourth-order valence-corrected chi connectivity index (χ4v) is 1.76. The molecule has 0 unspecified atom stereocenters. The third kappa shape index (κ3) is 2.85. The van der Waals surface area contributed by atoms with Gasteiger partial charge in [0.05, 0.1) is 0 Å². The van der Waals surface area contributed by atoms with Crippen molar-refractivity contribution in [1.82, 2.24) is 9.97 Å². The second-order valence-electron chi connectivity index (χ2n) is 4.09. The zero-order valence-electron chi connectivity index (χ0n) is 10.5. The van der Waals surface area contributed by atoms with Crippen LogP contribution in [0.15, 0.2) is 36.7 Å². The van der Waals surface area contributed by atoms with Crippen LogP contribution in [0.25, 0.3) is 0 Å². The number of nitrogens with two attached hydrogens (primary N) is 1. The second kappa shape index (κ2) is 5.43. The summed E-state index contributed by atoms with van der Waals surface area (Å²) in [6, 6.07) is 6.53. The molecule has 98 valence electrons. The highest BCUT2D eigenvalue weighted by Crippen LogP contribution is 2.17.